The highest BCUT2D eigenvalue weighted by Gasteiger charge is 2.20. The van der Waals surface area contributed by atoms with Crippen LogP contribution in [0.1, 0.15) is 27.2 Å². The first kappa shape index (κ1) is 13.4. The van der Waals surface area contributed by atoms with E-state index in [-0.39, 0.29) is 12.1 Å². The molecule has 2 atom stereocenters. The van der Waals surface area contributed by atoms with Gasteiger partial charge < -0.3 is 14.2 Å². The molecule has 0 aromatic heterocycles. The Morgan fingerprint density at radius 3 is 2.43 bits per heavy atom. The highest BCUT2D eigenvalue weighted by atomic mass is 16.6. The summed E-state index contributed by atoms with van der Waals surface area (Å²) in [4.78, 5) is 11.3. The molecule has 0 aromatic carbocycles. The molecule has 0 saturated carbocycles. The Bertz CT molecular complexity index is 158. The number of esters is 1. The third-order valence-corrected chi connectivity index (χ3v) is 1.72. The molecule has 4 nitrogen and oxygen atoms in total. The molecule has 0 radical (unpaired) electrons. The molecule has 0 amide bonds. The van der Waals surface area contributed by atoms with E-state index in [9.17, 15) is 4.79 Å². The summed E-state index contributed by atoms with van der Waals surface area (Å²) >= 11 is 0. The summed E-state index contributed by atoms with van der Waals surface area (Å²) in [5.41, 5.74) is 0. The number of methoxy groups -OCH3 is 1. The lowest BCUT2D eigenvalue weighted by molar-refractivity contribution is -0.161. The molecule has 84 valence electrons. The van der Waals surface area contributed by atoms with Crippen molar-refractivity contribution in [1.29, 1.82) is 0 Å². The van der Waals surface area contributed by atoms with Gasteiger partial charge in [-0.2, -0.15) is 0 Å². The predicted octanol–water partition coefficient (Wildman–Crippen LogP) is 1.38. The number of carbonyl (C=O) groups is 1. The molecular formula is C10H20O4. The average Bonchev–Trinajstić information content (AvgIpc) is 2.15. The van der Waals surface area contributed by atoms with Crippen LogP contribution in [0.4, 0.5) is 0 Å². The van der Waals surface area contributed by atoms with Crippen LogP contribution in [0, 0.1) is 0 Å². The highest BCUT2D eigenvalue weighted by molar-refractivity contribution is 5.74. The maximum absolute atomic E-state index is 11.3. The summed E-state index contributed by atoms with van der Waals surface area (Å²) < 4.78 is 15.2. The molecule has 0 aliphatic carbocycles. The molecule has 0 N–H and O–H groups in total. The van der Waals surface area contributed by atoms with E-state index in [4.69, 9.17) is 14.2 Å². The monoisotopic (exact) mass is 204 g/mol. The molecule has 0 rings (SSSR count). The third-order valence-electron chi connectivity index (χ3n) is 1.72. The molecule has 0 aliphatic rings. The molecule has 14 heavy (non-hydrogen) atoms. The standard InChI is InChI=1S/C10H20O4/c1-5-9(10(11)13-6-2)14-8(3)7-12-4/h8-9H,5-7H2,1-4H3. The van der Waals surface area contributed by atoms with Gasteiger partial charge in [0, 0.05) is 7.11 Å². The van der Waals surface area contributed by atoms with Gasteiger partial charge in [0.05, 0.1) is 19.3 Å². The Kier molecular flexibility index (Phi) is 7.42. The van der Waals surface area contributed by atoms with Gasteiger partial charge >= 0.3 is 5.97 Å². The van der Waals surface area contributed by atoms with Crippen LogP contribution >= 0.6 is 0 Å². The summed E-state index contributed by atoms with van der Waals surface area (Å²) in [6, 6.07) is 0. The Balaban J connectivity index is 3.94. The molecule has 2 unspecified atom stereocenters. The quantitative estimate of drug-likeness (QED) is 0.588. The molecular weight excluding hydrogens is 184 g/mol. The van der Waals surface area contributed by atoms with E-state index in [1.54, 1.807) is 14.0 Å². The maximum atomic E-state index is 11.3. The number of carbonyl (C=O) groups excluding carboxylic acids is 1. The molecule has 0 saturated heterocycles. The van der Waals surface area contributed by atoms with E-state index in [1.807, 2.05) is 13.8 Å². The van der Waals surface area contributed by atoms with Crippen molar-refractivity contribution in [2.45, 2.75) is 39.4 Å². The number of rotatable bonds is 7. The van der Waals surface area contributed by atoms with Crippen LogP contribution in [0.3, 0.4) is 0 Å². The van der Waals surface area contributed by atoms with Gasteiger partial charge in [-0.15, -0.1) is 0 Å². The maximum Gasteiger partial charge on any atom is 0.335 e. The summed E-state index contributed by atoms with van der Waals surface area (Å²) in [5, 5.41) is 0. The van der Waals surface area contributed by atoms with E-state index in [1.165, 1.54) is 0 Å². The van der Waals surface area contributed by atoms with E-state index >= 15 is 0 Å². The highest BCUT2D eigenvalue weighted by Crippen LogP contribution is 2.05. The van der Waals surface area contributed by atoms with Gasteiger partial charge in [-0.1, -0.05) is 6.92 Å². The molecule has 0 fully saturated rings. The largest absolute Gasteiger partial charge is 0.464 e. The fourth-order valence-electron chi connectivity index (χ4n) is 1.11. The minimum atomic E-state index is -0.472. The van der Waals surface area contributed by atoms with Crippen LogP contribution in [0.5, 0.6) is 0 Å². The molecule has 0 aliphatic heterocycles. The van der Waals surface area contributed by atoms with Crippen LogP contribution in [-0.2, 0) is 19.0 Å². The Morgan fingerprint density at radius 1 is 1.36 bits per heavy atom. The zero-order valence-corrected chi connectivity index (χ0v) is 9.41. The fraction of sp³-hybridized carbons (Fsp3) is 0.900. The van der Waals surface area contributed by atoms with Crippen molar-refractivity contribution in [3.8, 4) is 0 Å². The second-order valence-corrected chi connectivity index (χ2v) is 3.05. The number of ether oxygens (including phenoxy) is 3. The Hall–Kier alpha value is -0.610. The fourth-order valence-corrected chi connectivity index (χ4v) is 1.11. The van der Waals surface area contributed by atoms with Crippen LogP contribution in [0.25, 0.3) is 0 Å². The summed E-state index contributed by atoms with van der Waals surface area (Å²) in [6.07, 6.45) is 0.0573. The lowest BCUT2D eigenvalue weighted by Gasteiger charge is -2.19. The lowest BCUT2D eigenvalue weighted by Crippen LogP contribution is -2.31. The van der Waals surface area contributed by atoms with Crippen molar-refractivity contribution in [2.75, 3.05) is 20.3 Å². The van der Waals surface area contributed by atoms with Crippen LogP contribution in [0.15, 0.2) is 0 Å². The van der Waals surface area contributed by atoms with Gasteiger partial charge in [-0.25, -0.2) is 4.79 Å². The zero-order valence-electron chi connectivity index (χ0n) is 9.41. The summed E-state index contributed by atoms with van der Waals surface area (Å²) in [5.74, 6) is -0.294. The van der Waals surface area contributed by atoms with Crippen LogP contribution in [-0.4, -0.2) is 38.5 Å². The first-order valence-corrected chi connectivity index (χ1v) is 4.96. The lowest BCUT2D eigenvalue weighted by atomic mass is 10.2. The van der Waals surface area contributed by atoms with Crippen molar-refractivity contribution >= 4 is 5.97 Å². The van der Waals surface area contributed by atoms with Crippen LogP contribution in [0.2, 0.25) is 0 Å². The number of hydrogen-bond acceptors (Lipinski definition) is 4. The summed E-state index contributed by atoms with van der Waals surface area (Å²) in [7, 11) is 1.60. The van der Waals surface area contributed by atoms with Gasteiger partial charge in [0.25, 0.3) is 0 Å². The topological polar surface area (TPSA) is 44.8 Å². The third kappa shape index (κ3) is 5.19. The van der Waals surface area contributed by atoms with Gasteiger partial charge in [0.2, 0.25) is 0 Å². The minimum absolute atomic E-state index is 0.0886. The van der Waals surface area contributed by atoms with E-state index in [0.29, 0.717) is 19.6 Å². The Labute approximate surface area is 85.5 Å². The van der Waals surface area contributed by atoms with Crippen molar-refractivity contribution in [2.24, 2.45) is 0 Å². The SMILES string of the molecule is CCOC(=O)C(CC)OC(C)COC. The number of hydrogen-bond donors (Lipinski definition) is 0. The van der Waals surface area contributed by atoms with Crippen LogP contribution < -0.4 is 0 Å². The Morgan fingerprint density at radius 2 is 2.00 bits per heavy atom. The van der Waals surface area contributed by atoms with Gasteiger partial charge in [-0.05, 0) is 20.3 Å². The molecule has 0 aromatic rings. The van der Waals surface area contributed by atoms with E-state index in [2.05, 4.69) is 0 Å². The molecule has 0 spiro atoms. The van der Waals surface area contributed by atoms with Crippen molar-refractivity contribution in [3.05, 3.63) is 0 Å². The molecule has 0 heterocycles. The first-order chi connectivity index (χ1) is 6.65. The molecule has 4 heteroatoms. The van der Waals surface area contributed by atoms with E-state index in [0.717, 1.165) is 0 Å². The van der Waals surface area contributed by atoms with Gasteiger partial charge in [0.1, 0.15) is 0 Å². The second-order valence-electron chi connectivity index (χ2n) is 3.05. The average molecular weight is 204 g/mol. The molecule has 0 bridgehead atoms. The smallest absolute Gasteiger partial charge is 0.335 e. The van der Waals surface area contributed by atoms with Crippen molar-refractivity contribution < 1.29 is 19.0 Å². The van der Waals surface area contributed by atoms with Gasteiger partial charge in [-0.3, -0.25) is 0 Å². The van der Waals surface area contributed by atoms with Gasteiger partial charge in [0.15, 0.2) is 6.10 Å². The predicted molar refractivity (Wildman–Crippen MR) is 53.1 cm³/mol. The van der Waals surface area contributed by atoms with Crippen molar-refractivity contribution in [3.63, 3.8) is 0 Å². The van der Waals surface area contributed by atoms with E-state index < -0.39 is 6.10 Å². The minimum Gasteiger partial charge on any atom is -0.464 e. The zero-order chi connectivity index (χ0) is 11.0. The summed E-state index contributed by atoms with van der Waals surface area (Å²) in [6.45, 7) is 6.41. The normalized spacial score (nSPS) is 14.9. The van der Waals surface area contributed by atoms with Crippen molar-refractivity contribution in [1.82, 2.24) is 0 Å². The first-order valence-electron chi connectivity index (χ1n) is 4.96. The second kappa shape index (κ2) is 7.76.